The largest absolute Gasteiger partial charge is 0.399 e. The zero-order valence-electron chi connectivity index (χ0n) is 8.13. The molecule has 0 aliphatic rings. The summed E-state index contributed by atoms with van der Waals surface area (Å²) in [4.78, 5) is 1.85. The van der Waals surface area contributed by atoms with Gasteiger partial charge in [0.05, 0.1) is 6.54 Å². The van der Waals surface area contributed by atoms with Crippen LogP contribution in [0.2, 0.25) is 0 Å². The first kappa shape index (κ1) is 10.6. The molecule has 0 unspecified atom stereocenters. The summed E-state index contributed by atoms with van der Waals surface area (Å²) in [5.74, 6) is 2.25. The number of nitrogens with zero attached hydrogens (tertiary/aromatic N) is 1. The molecule has 14 heavy (non-hydrogen) atoms. The van der Waals surface area contributed by atoms with E-state index in [2.05, 4.69) is 5.92 Å². The second-order valence-corrected chi connectivity index (χ2v) is 3.23. The third-order valence-corrected chi connectivity index (χ3v) is 1.87. The Labute approximate surface area is 83.5 Å². The van der Waals surface area contributed by atoms with Crippen LogP contribution in [0.1, 0.15) is 5.56 Å². The van der Waals surface area contributed by atoms with Crippen molar-refractivity contribution in [2.75, 3.05) is 19.3 Å². The van der Waals surface area contributed by atoms with Crippen LogP contribution in [0.5, 0.6) is 0 Å². The molecule has 3 heteroatoms. The molecular formula is C11H13FN2. The van der Waals surface area contributed by atoms with Crippen molar-refractivity contribution in [2.24, 2.45) is 0 Å². The lowest BCUT2D eigenvalue weighted by atomic mass is 10.2. The number of hydrogen-bond acceptors (Lipinski definition) is 2. The minimum Gasteiger partial charge on any atom is -0.399 e. The maximum Gasteiger partial charge on any atom is 0.127 e. The standard InChI is InChI=1S/C11H13FN2/c1-3-6-14(2)8-9-7-10(13)4-5-11(9)12/h1,4-5,7H,6,8,13H2,2H3. The maximum absolute atomic E-state index is 13.2. The Morgan fingerprint density at radius 3 is 2.93 bits per heavy atom. The Kier molecular flexibility index (Phi) is 3.49. The molecule has 2 nitrogen and oxygen atoms in total. The third-order valence-electron chi connectivity index (χ3n) is 1.87. The van der Waals surface area contributed by atoms with E-state index in [1.807, 2.05) is 11.9 Å². The molecule has 0 fully saturated rings. The molecule has 1 aromatic carbocycles. The van der Waals surface area contributed by atoms with Crippen molar-refractivity contribution in [1.29, 1.82) is 0 Å². The number of hydrogen-bond donors (Lipinski definition) is 1. The Morgan fingerprint density at radius 1 is 1.57 bits per heavy atom. The van der Waals surface area contributed by atoms with Crippen molar-refractivity contribution in [3.63, 3.8) is 0 Å². The molecule has 1 aromatic rings. The quantitative estimate of drug-likeness (QED) is 0.580. The Balaban J connectivity index is 2.76. The van der Waals surface area contributed by atoms with Crippen LogP contribution in [0, 0.1) is 18.2 Å². The van der Waals surface area contributed by atoms with E-state index < -0.39 is 0 Å². The summed E-state index contributed by atoms with van der Waals surface area (Å²) in [5, 5.41) is 0. The summed E-state index contributed by atoms with van der Waals surface area (Å²) < 4.78 is 13.2. The average Bonchev–Trinajstić information content (AvgIpc) is 2.12. The van der Waals surface area contributed by atoms with E-state index in [1.165, 1.54) is 6.07 Å². The number of nitrogen functional groups attached to an aromatic ring is 1. The summed E-state index contributed by atoms with van der Waals surface area (Å²) in [6.07, 6.45) is 5.14. The first-order valence-electron chi connectivity index (χ1n) is 4.29. The van der Waals surface area contributed by atoms with Crippen molar-refractivity contribution in [3.05, 3.63) is 29.6 Å². The number of benzene rings is 1. The number of anilines is 1. The van der Waals surface area contributed by atoms with Crippen LogP contribution in [0.3, 0.4) is 0 Å². The number of rotatable bonds is 3. The van der Waals surface area contributed by atoms with Gasteiger partial charge in [-0.3, -0.25) is 4.90 Å². The molecule has 0 radical (unpaired) electrons. The van der Waals surface area contributed by atoms with Crippen LogP contribution in [0.25, 0.3) is 0 Å². The van der Waals surface area contributed by atoms with Crippen LogP contribution in [0.15, 0.2) is 18.2 Å². The van der Waals surface area contributed by atoms with E-state index >= 15 is 0 Å². The van der Waals surface area contributed by atoms with E-state index in [9.17, 15) is 4.39 Å². The lowest BCUT2D eigenvalue weighted by Crippen LogP contribution is -2.18. The van der Waals surface area contributed by atoms with Crippen LogP contribution >= 0.6 is 0 Å². The lowest BCUT2D eigenvalue weighted by Gasteiger charge is -2.13. The molecule has 0 atom stereocenters. The minimum absolute atomic E-state index is 0.247. The van der Waals surface area contributed by atoms with Gasteiger partial charge in [0.2, 0.25) is 0 Å². The molecule has 2 N–H and O–H groups in total. The molecule has 0 aliphatic heterocycles. The van der Waals surface area contributed by atoms with Gasteiger partial charge >= 0.3 is 0 Å². The first-order valence-corrected chi connectivity index (χ1v) is 4.29. The molecule has 0 aromatic heterocycles. The van der Waals surface area contributed by atoms with Gasteiger partial charge in [-0.2, -0.15) is 0 Å². The van der Waals surface area contributed by atoms with Crippen LogP contribution < -0.4 is 5.73 Å². The van der Waals surface area contributed by atoms with Gasteiger partial charge in [-0.15, -0.1) is 6.42 Å². The second kappa shape index (κ2) is 4.64. The fourth-order valence-electron chi connectivity index (χ4n) is 1.22. The van der Waals surface area contributed by atoms with Gasteiger partial charge < -0.3 is 5.73 Å². The molecule has 0 saturated heterocycles. The van der Waals surface area contributed by atoms with Crippen LogP contribution in [-0.2, 0) is 6.54 Å². The SMILES string of the molecule is C#CCN(C)Cc1cc(N)ccc1F. The maximum atomic E-state index is 13.2. The van der Waals surface area contributed by atoms with Gasteiger partial charge in [-0.05, 0) is 25.2 Å². The van der Waals surface area contributed by atoms with Crippen molar-refractivity contribution < 1.29 is 4.39 Å². The number of halogens is 1. The van der Waals surface area contributed by atoms with E-state index in [0.717, 1.165) is 0 Å². The first-order chi connectivity index (χ1) is 6.63. The molecule has 74 valence electrons. The van der Waals surface area contributed by atoms with Gasteiger partial charge in [0.25, 0.3) is 0 Å². The molecule has 1 rings (SSSR count). The molecular weight excluding hydrogens is 179 g/mol. The monoisotopic (exact) mass is 192 g/mol. The van der Waals surface area contributed by atoms with Gasteiger partial charge in [0.15, 0.2) is 0 Å². The van der Waals surface area contributed by atoms with Crippen molar-refractivity contribution in [1.82, 2.24) is 4.90 Å². The second-order valence-electron chi connectivity index (χ2n) is 3.23. The van der Waals surface area contributed by atoms with Crippen LogP contribution in [-0.4, -0.2) is 18.5 Å². The van der Waals surface area contributed by atoms with E-state index in [0.29, 0.717) is 24.3 Å². The predicted octanol–water partition coefficient (Wildman–Crippen LogP) is 1.47. The summed E-state index contributed by atoms with van der Waals surface area (Å²) >= 11 is 0. The molecule has 0 amide bonds. The summed E-state index contributed by atoms with van der Waals surface area (Å²) in [5.41, 5.74) is 6.69. The highest BCUT2D eigenvalue weighted by Gasteiger charge is 2.04. The van der Waals surface area contributed by atoms with E-state index in [1.54, 1.807) is 12.1 Å². The minimum atomic E-state index is -0.247. The number of terminal acetylenes is 1. The molecule has 0 bridgehead atoms. The van der Waals surface area contributed by atoms with E-state index in [4.69, 9.17) is 12.2 Å². The Bertz CT molecular complexity index is 355. The molecule has 0 spiro atoms. The highest BCUT2D eigenvalue weighted by Crippen LogP contribution is 2.13. The van der Waals surface area contributed by atoms with Gasteiger partial charge in [-0.25, -0.2) is 4.39 Å². The highest BCUT2D eigenvalue weighted by atomic mass is 19.1. The molecule has 0 saturated carbocycles. The lowest BCUT2D eigenvalue weighted by molar-refractivity contribution is 0.361. The van der Waals surface area contributed by atoms with Gasteiger partial charge in [-0.1, -0.05) is 5.92 Å². The topological polar surface area (TPSA) is 29.3 Å². The molecule has 0 aliphatic carbocycles. The van der Waals surface area contributed by atoms with Crippen molar-refractivity contribution in [3.8, 4) is 12.3 Å². The zero-order chi connectivity index (χ0) is 10.6. The van der Waals surface area contributed by atoms with Gasteiger partial charge in [0, 0.05) is 17.8 Å². The zero-order valence-corrected chi connectivity index (χ0v) is 8.13. The average molecular weight is 192 g/mol. The Morgan fingerprint density at radius 2 is 2.29 bits per heavy atom. The van der Waals surface area contributed by atoms with Crippen LogP contribution in [0.4, 0.5) is 10.1 Å². The van der Waals surface area contributed by atoms with Gasteiger partial charge in [0.1, 0.15) is 5.82 Å². The number of nitrogens with two attached hydrogens (primary N) is 1. The summed E-state index contributed by atoms with van der Waals surface area (Å²) in [6.45, 7) is 0.968. The highest BCUT2D eigenvalue weighted by molar-refractivity contribution is 5.41. The normalized spacial score (nSPS) is 10.1. The fourth-order valence-corrected chi connectivity index (χ4v) is 1.22. The fraction of sp³-hybridized carbons (Fsp3) is 0.273. The predicted molar refractivity (Wildman–Crippen MR) is 56.0 cm³/mol. The summed E-state index contributed by atoms with van der Waals surface area (Å²) in [7, 11) is 1.84. The third kappa shape index (κ3) is 2.75. The Hall–Kier alpha value is -1.53. The van der Waals surface area contributed by atoms with Crippen molar-refractivity contribution >= 4 is 5.69 Å². The van der Waals surface area contributed by atoms with Crippen molar-refractivity contribution in [2.45, 2.75) is 6.54 Å². The summed E-state index contributed by atoms with van der Waals surface area (Å²) in [6, 6.07) is 4.54. The van der Waals surface area contributed by atoms with E-state index in [-0.39, 0.29) is 5.82 Å². The smallest absolute Gasteiger partial charge is 0.127 e. The molecule has 0 heterocycles.